The molecule has 8 nitrogen and oxygen atoms in total. The Morgan fingerprint density at radius 2 is 1.91 bits per heavy atom. The molecule has 2 aromatic carbocycles. The molecule has 0 spiro atoms. The summed E-state index contributed by atoms with van der Waals surface area (Å²) in [4.78, 5) is 16.8. The van der Waals surface area contributed by atoms with Crippen LogP contribution < -0.4 is 14.4 Å². The topological polar surface area (TPSA) is 102 Å². The summed E-state index contributed by atoms with van der Waals surface area (Å²) in [5, 5.41) is 3.91. The summed E-state index contributed by atoms with van der Waals surface area (Å²) in [6.45, 7) is -0.251. The number of fused-ring (bicyclic) bond motifs is 1. The Labute approximate surface area is 185 Å². The highest BCUT2D eigenvalue weighted by molar-refractivity contribution is 7.93. The molecule has 164 valence electrons. The molecule has 0 saturated carbocycles. The first-order chi connectivity index (χ1) is 15.5. The summed E-state index contributed by atoms with van der Waals surface area (Å²) in [5.74, 6) is 0.672. The number of anilines is 1. The summed E-state index contributed by atoms with van der Waals surface area (Å²) in [5.41, 5.74) is 0.338. The Kier molecular flexibility index (Phi) is 6.09. The minimum Gasteiger partial charge on any atom is -0.497 e. The molecule has 4 aromatic rings. The van der Waals surface area contributed by atoms with Crippen molar-refractivity contribution in [1.29, 1.82) is 0 Å². The van der Waals surface area contributed by atoms with Crippen molar-refractivity contribution in [2.75, 3.05) is 18.0 Å². The van der Waals surface area contributed by atoms with Crippen molar-refractivity contribution in [2.45, 2.75) is 11.4 Å². The van der Waals surface area contributed by atoms with Gasteiger partial charge in [0.05, 0.1) is 30.5 Å². The van der Waals surface area contributed by atoms with Crippen molar-refractivity contribution in [2.24, 2.45) is 0 Å². The molecule has 2 aromatic heterocycles. The largest absolute Gasteiger partial charge is 0.497 e. The summed E-state index contributed by atoms with van der Waals surface area (Å²) in [6.07, 6.45) is 4.64. The normalized spacial score (nSPS) is 11.3. The quantitative estimate of drug-likeness (QED) is 0.441. The van der Waals surface area contributed by atoms with Crippen LogP contribution >= 0.6 is 0 Å². The summed E-state index contributed by atoms with van der Waals surface area (Å²) >= 11 is 0. The van der Waals surface area contributed by atoms with Gasteiger partial charge in [-0.1, -0.05) is 12.1 Å². The number of sulfonamides is 1. The van der Waals surface area contributed by atoms with Crippen LogP contribution in [-0.2, 0) is 21.4 Å². The van der Waals surface area contributed by atoms with Crippen LogP contribution in [0, 0.1) is 0 Å². The van der Waals surface area contributed by atoms with Crippen molar-refractivity contribution >= 4 is 32.4 Å². The van der Waals surface area contributed by atoms with Crippen LogP contribution in [0.25, 0.3) is 10.8 Å². The van der Waals surface area contributed by atoms with E-state index < -0.39 is 22.5 Å². The SMILES string of the molecule is COc1ccc(N(CC(=O)NCc2ccco2)S(=O)(=O)c2cccc3cnccc23)cc1. The number of pyridine rings is 1. The first kappa shape index (κ1) is 21.4. The minimum absolute atomic E-state index is 0.0899. The maximum atomic E-state index is 13.7. The van der Waals surface area contributed by atoms with Crippen LogP contribution in [0.3, 0.4) is 0 Å². The van der Waals surface area contributed by atoms with E-state index in [1.807, 2.05) is 0 Å². The Morgan fingerprint density at radius 1 is 1.09 bits per heavy atom. The third-order valence-electron chi connectivity index (χ3n) is 4.90. The van der Waals surface area contributed by atoms with Crippen LogP contribution in [0.15, 0.2) is 88.6 Å². The predicted molar refractivity (Wildman–Crippen MR) is 120 cm³/mol. The van der Waals surface area contributed by atoms with E-state index in [9.17, 15) is 13.2 Å². The average molecular weight is 452 g/mol. The zero-order valence-electron chi connectivity index (χ0n) is 17.3. The maximum Gasteiger partial charge on any atom is 0.265 e. The molecule has 0 aliphatic heterocycles. The number of ether oxygens (including phenoxy) is 1. The van der Waals surface area contributed by atoms with E-state index in [1.165, 1.54) is 25.6 Å². The average Bonchev–Trinajstić information content (AvgIpc) is 3.34. The van der Waals surface area contributed by atoms with Gasteiger partial charge < -0.3 is 14.5 Å². The summed E-state index contributed by atoms with van der Waals surface area (Å²) in [7, 11) is -2.56. The maximum absolute atomic E-state index is 13.7. The highest BCUT2D eigenvalue weighted by Gasteiger charge is 2.29. The number of amides is 1. The summed E-state index contributed by atoms with van der Waals surface area (Å²) in [6, 6.07) is 16.5. The summed E-state index contributed by atoms with van der Waals surface area (Å²) < 4.78 is 39.0. The molecule has 0 aliphatic carbocycles. The number of nitrogens with zero attached hydrogens (tertiary/aromatic N) is 2. The smallest absolute Gasteiger partial charge is 0.265 e. The van der Waals surface area contributed by atoms with Crippen LogP contribution in [0.4, 0.5) is 5.69 Å². The Balaban J connectivity index is 1.71. The molecule has 32 heavy (non-hydrogen) atoms. The van der Waals surface area contributed by atoms with Crippen molar-refractivity contribution in [3.05, 3.63) is 85.1 Å². The lowest BCUT2D eigenvalue weighted by Crippen LogP contribution is -2.40. The van der Waals surface area contributed by atoms with Gasteiger partial charge in [0, 0.05) is 23.2 Å². The monoisotopic (exact) mass is 451 g/mol. The van der Waals surface area contributed by atoms with Crippen LogP contribution in [0.1, 0.15) is 5.76 Å². The number of benzene rings is 2. The Morgan fingerprint density at radius 3 is 2.62 bits per heavy atom. The second kappa shape index (κ2) is 9.11. The van der Waals surface area contributed by atoms with Crippen LogP contribution in [0.5, 0.6) is 5.75 Å². The number of carbonyl (C=O) groups is 1. The lowest BCUT2D eigenvalue weighted by atomic mass is 10.2. The Hall–Kier alpha value is -3.85. The molecule has 0 bridgehead atoms. The Bertz CT molecular complexity index is 1310. The highest BCUT2D eigenvalue weighted by Crippen LogP contribution is 2.29. The number of hydrogen-bond donors (Lipinski definition) is 1. The molecule has 2 heterocycles. The first-order valence-electron chi connectivity index (χ1n) is 9.77. The molecular weight excluding hydrogens is 430 g/mol. The number of carbonyl (C=O) groups excluding carboxylic acids is 1. The molecule has 0 atom stereocenters. The molecule has 0 unspecified atom stereocenters. The lowest BCUT2D eigenvalue weighted by Gasteiger charge is -2.25. The number of rotatable bonds is 8. The van der Waals surface area contributed by atoms with E-state index in [2.05, 4.69) is 10.3 Å². The zero-order valence-corrected chi connectivity index (χ0v) is 18.1. The minimum atomic E-state index is -4.09. The zero-order chi connectivity index (χ0) is 22.6. The fourth-order valence-corrected chi connectivity index (χ4v) is 4.92. The molecular formula is C23H21N3O5S. The standard InChI is InChI=1S/C23H21N3O5S/c1-30-19-9-7-18(8-10-19)26(16-23(27)25-15-20-5-3-13-31-20)32(28,29)22-6-2-4-17-14-24-12-11-21(17)22/h2-14H,15-16H2,1H3,(H,25,27). The van der Waals surface area contributed by atoms with Gasteiger partial charge in [0.15, 0.2) is 0 Å². The van der Waals surface area contributed by atoms with E-state index in [4.69, 9.17) is 9.15 Å². The van der Waals surface area contributed by atoms with Gasteiger partial charge in [0.1, 0.15) is 18.1 Å². The van der Waals surface area contributed by atoms with Gasteiger partial charge in [-0.2, -0.15) is 0 Å². The van der Waals surface area contributed by atoms with Crippen molar-refractivity contribution in [3.8, 4) is 5.75 Å². The number of methoxy groups -OCH3 is 1. The predicted octanol–water partition coefficient (Wildman–Crippen LogP) is 3.35. The third-order valence-corrected chi connectivity index (χ3v) is 6.73. The van der Waals surface area contributed by atoms with Gasteiger partial charge in [0.2, 0.25) is 5.91 Å². The van der Waals surface area contributed by atoms with Gasteiger partial charge in [-0.3, -0.25) is 14.1 Å². The van der Waals surface area contributed by atoms with Crippen molar-refractivity contribution in [3.63, 3.8) is 0 Å². The van der Waals surface area contributed by atoms with E-state index in [-0.39, 0.29) is 11.4 Å². The molecule has 1 N–H and O–H groups in total. The first-order valence-corrected chi connectivity index (χ1v) is 11.2. The van der Waals surface area contributed by atoms with Gasteiger partial charge >= 0.3 is 0 Å². The molecule has 0 radical (unpaired) electrons. The number of nitrogens with one attached hydrogen (secondary N) is 1. The molecule has 4 rings (SSSR count). The van der Waals surface area contributed by atoms with Gasteiger partial charge in [0.25, 0.3) is 10.0 Å². The van der Waals surface area contributed by atoms with Crippen molar-refractivity contribution in [1.82, 2.24) is 10.3 Å². The number of aromatic nitrogens is 1. The fourth-order valence-electron chi connectivity index (χ4n) is 3.29. The second-order valence-corrected chi connectivity index (χ2v) is 8.75. The van der Waals surface area contributed by atoms with Gasteiger partial charge in [-0.15, -0.1) is 0 Å². The molecule has 0 fully saturated rings. The van der Waals surface area contributed by atoms with E-state index in [1.54, 1.807) is 60.8 Å². The fraction of sp³-hybridized carbons (Fsp3) is 0.130. The van der Waals surface area contributed by atoms with E-state index in [0.29, 0.717) is 28.0 Å². The van der Waals surface area contributed by atoms with Crippen LogP contribution in [-0.4, -0.2) is 33.0 Å². The molecule has 0 aliphatic rings. The number of furan rings is 1. The highest BCUT2D eigenvalue weighted by atomic mass is 32.2. The van der Waals surface area contributed by atoms with Gasteiger partial charge in [-0.25, -0.2) is 8.42 Å². The van der Waals surface area contributed by atoms with E-state index in [0.717, 1.165) is 4.31 Å². The second-order valence-electron chi connectivity index (χ2n) is 6.92. The number of hydrogen-bond acceptors (Lipinski definition) is 6. The van der Waals surface area contributed by atoms with Gasteiger partial charge in [-0.05, 0) is 48.5 Å². The lowest BCUT2D eigenvalue weighted by molar-refractivity contribution is -0.119. The third kappa shape index (κ3) is 4.42. The molecule has 0 saturated heterocycles. The van der Waals surface area contributed by atoms with E-state index >= 15 is 0 Å². The van der Waals surface area contributed by atoms with Crippen LogP contribution in [0.2, 0.25) is 0 Å². The molecule has 1 amide bonds. The molecule has 9 heteroatoms. The van der Waals surface area contributed by atoms with Crippen molar-refractivity contribution < 1.29 is 22.4 Å².